The number of thiazole rings is 1. The van der Waals surface area contributed by atoms with Crippen LogP contribution in [0, 0.1) is 0 Å². The zero-order valence-corrected chi connectivity index (χ0v) is 10.4. The lowest BCUT2D eigenvalue weighted by atomic mass is 10.3. The van der Waals surface area contributed by atoms with E-state index in [9.17, 15) is 0 Å². The lowest BCUT2D eigenvalue weighted by Crippen LogP contribution is -1.95. The fraction of sp³-hybridized carbons (Fsp3) is 0.500. The maximum atomic E-state index is 5.49. The summed E-state index contributed by atoms with van der Waals surface area (Å²) in [4.78, 5) is 8.55. The van der Waals surface area contributed by atoms with E-state index in [4.69, 9.17) is 15.0 Å². The Kier molecular flexibility index (Phi) is 4.18. The quantitative estimate of drug-likeness (QED) is 0.780. The van der Waals surface area contributed by atoms with Crippen molar-refractivity contribution >= 4 is 11.3 Å². The second-order valence-corrected chi connectivity index (χ2v) is 4.39. The minimum absolute atomic E-state index is 0.430. The first-order valence-corrected chi connectivity index (χ1v) is 6.18. The molecule has 0 aliphatic rings. The third kappa shape index (κ3) is 3.09. The molecular formula is C10H14N4O2S. The first-order valence-electron chi connectivity index (χ1n) is 5.30. The van der Waals surface area contributed by atoms with Gasteiger partial charge in [-0.25, -0.2) is 4.98 Å². The van der Waals surface area contributed by atoms with Crippen LogP contribution in [0.3, 0.4) is 0 Å². The van der Waals surface area contributed by atoms with Crippen molar-refractivity contribution in [2.75, 3.05) is 13.7 Å². The molecule has 0 aromatic carbocycles. The van der Waals surface area contributed by atoms with E-state index in [1.165, 1.54) is 11.3 Å². The minimum Gasteiger partial charge on any atom is -0.385 e. The summed E-state index contributed by atoms with van der Waals surface area (Å²) in [5.74, 6) is 1.13. The zero-order chi connectivity index (χ0) is 12.1. The third-order valence-corrected chi connectivity index (χ3v) is 3.03. The molecule has 0 spiro atoms. The Labute approximate surface area is 103 Å². The van der Waals surface area contributed by atoms with Crippen molar-refractivity contribution in [1.29, 1.82) is 0 Å². The maximum absolute atomic E-state index is 5.49. The van der Waals surface area contributed by atoms with Crippen LogP contribution in [0.15, 0.2) is 9.90 Å². The summed E-state index contributed by atoms with van der Waals surface area (Å²) in [6.07, 6.45) is 1.62. The number of methoxy groups -OCH3 is 1. The average molecular weight is 254 g/mol. The van der Waals surface area contributed by atoms with E-state index >= 15 is 0 Å². The highest BCUT2D eigenvalue weighted by Gasteiger charge is 2.11. The molecule has 0 saturated carbocycles. The standard InChI is InChI=1S/C10H14N4O2S/c1-15-4-2-3-8-13-10(16-14-8)7-6-17-9(5-11)12-7/h6H,2-5,11H2,1H3. The lowest BCUT2D eigenvalue weighted by molar-refractivity contribution is 0.194. The number of aromatic nitrogens is 3. The molecule has 0 unspecified atom stereocenters. The number of ether oxygens (including phenoxy) is 1. The molecule has 92 valence electrons. The number of nitrogens with zero attached hydrogens (tertiary/aromatic N) is 3. The van der Waals surface area contributed by atoms with Crippen LogP contribution in [0.5, 0.6) is 0 Å². The van der Waals surface area contributed by atoms with Gasteiger partial charge in [0.25, 0.3) is 5.89 Å². The number of aryl methyl sites for hydroxylation is 1. The van der Waals surface area contributed by atoms with Gasteiger partial charge in [-0.15, -0.1) is 11.3 Å². The van der Waals surface area contributed by atoms with Crippen molar-refractivity contribution < 1.29 is 9.26 Å². The van der Waals surface area contributed by atoms with Gasteiger partial charge in [0.15, 0.2) is 5.82 Å². The molecule has 0 amide bonds. The number of hydrogen-bond acceptors (Lipinski definition) is 7. The fourth-order valence-corrected chi connectivity index (χ4v) is 1.99. The Morgan fingerprint density at radius 1 is 1.47 bits per heavy atom. The Balaban J connectivity index is 2.02. The highest BCUT2D eigenvalue weighted by molar-refractivity contribution is 7.09. The van der Waals surface area contributed by atoms with Gasteiger partial charge in [-0.1, -0.05) is 5.16 Å². The predicted octanol–water partition coefficient (Wildman–Crippen LogP) is 1.23. The van der Waals surface area contributed by atoms with Gasteiger partial charge < -0.3 is 15.0 Å². The van der Waals surface area contributed by atoms with E-state index in [-0.39, 0.29) is 0 Å². The zero-order valence-electron chi connectivity index (χ0n) is 9.55. The van der Waals surface area contributed by atoms with Crippen LogP contribution in [0.2, 0.25) is 0 Å². The second-order valence-electron chi connectivity index (χ2n) is 3.44. The Bertz CT molecular complexity index is 468. The molecule has 2 aromatic heterocycles. The molecule has 0 fully saturated rings. The second kappa shape index (κ2) is 5.85. The van der Waals surface area contributed by atoms with Crippen molar-refractivity contribution in [3.05, 3.63) is 16.2 Å². The summed E-state index contributed by atoms with van der Waals surface area (Å²) in [6.45, 7) is 1.12. The monoisotopic (exact) mass is 254 g/mol. The molecule has 2 N–H and O–H groups in total. The summed E-state index contributed by atoms with van der Waals surface area (Å²) >= 11 is 1.49. The highest BCUT2D eigenvalue weighted by atomic mass is 32.1. The van der Waals surface area contributed by atoms with Crippen LogP contribution < -0.4 is 5.73 Å². The normalized spacial score (nSPS) is 10.9. The largest absolute Gasteiger partial charge is 0.385 e. The summed E-state index contributed by atoms with van der Waals surface area (Å²) in [5.41, 5.74) is 6.19. The molecule has 0 saturated heterocycles. The van der Waals surface area contributed by atoms with Crippen LogP contribution in [0.1, 0.15) is 17.3 Å². The van der Waals surface area contributed by atoms with Crippen molar-refractivity contribution in [2.24, 2.45) is 5.73 Å². The highest BCUT2D eigenvalue weighted by Crippen LogP contribution is 2.20. The van der Waals surface area contributed by atoms with Gasteiger partial charge >= 0.3 is 0 Å². The van der Waals surface area contributed by atoms with E-state index in [0.717, 1.165) is 17.8 Å². The minimum atomic E-state index is 0.430. The topological polar surface area (TPSA) is 87.1 Å². The van der Waals surface area contributed by atoms with E-state index in [1.54, 1.807) is 7.11 Å². The first-order chi connectivity index (χ1) is 8.33. The van der Waals surface area contributed by atoms with E-state index < -0.39 is 0 Å². The van der Waals surface area contributed by atoms with Crippen molar-refractivity contribution in [3.63, 3.8) is 0 Å². The van der Waals surface area contributed by atoms with Gasteiger partial charge in [0.1, 0.15) is 10.7 Å². The van der Waals surface area contributed by atoms with Crippen molar-refractivity contribution in [3.8, 4) is 11.6 Å². The SMILES string of the molecule is COCCCc1noc(-c2csc(CN)n2)n1. The van der Waals surface area contributed by atoms with E-state index in [1.807, 2.05) is 5.38 Å². The van der Waals surface area contributed by atoms with Crippen molar-refractivity contribution in [1.82, 2.24) is 15.1 Å². The smallest absolute Gasteiger partial charge is 0.277 e. The molecule has 6 nitrogen and oxygen atoms in total. The summed E-state index contributed by atoms with van der Waals surface area (Å²) in [7, 11) is 1.67. The van der Waals surface area contributed by atoms with Gasteiger partial charge in [0.05, 0.1) is 0 Å². The molecule has 0 aliphatic carbocycles. The number of nitrogens with two attached hydrogens (primary N) is 1. The molecule has 17 heavy (non-hydrogen) atoms. The molecule has 0 radical (unpaired) electrons. The maximum Gasteiger partial charge on any atom is 0.277 e. The third-order valence-electron chi connectivity index (χ3n) is 2.16. The van der Waals surface area contributed by atoms with Gasteiger partial charge in [-0.3, -0.25) is 0 Å². The van der Waals surface area contributed by atoms with Crippen LogP contribution in [0.4, 0.5) is 0 Å². The fourth-order valence-electron chi connectivity index (χ4n) is 1.34. The van der Waals surface area contributed by atoms with Crippen molar-refractivity contribution in [2.45, 2.75) is 19.4 Å². The van der Waals surface area contributed by atoms with Gasteiger partial charge in [0.2, 0.25) is 0 Å². The summed E-state index contributed by atoms with van der Waals surface area (Å²) in [6, 6.07) is 0. The molecule has 2 heterocycles. The van der Waals surface area contributed by atoms with Crippen LogP contribution >= 0.6 is 11.3 Å². The van der Waals surface area contributed by atoms with Crippen LogP contribution in [-0.4, -0.2) is 28.8 Å². The molecule has 0 atom stereocenters. The van der Waals surface area contributed by atoms with E-state index in [0.29, 0.717) is 30.6 Å². The van der Waals surface area contributed by atoms with Crippen LogP contribution in [-0.2, 0) is 17.7 Å². The van der Waals surface area contributed by atoms with Gasteiger partial charge in [-0.05, 0) is 6.42 Å². The Morgan fingerprint density at radius 3 is 3.06 bits per heavy atom. The summed E-state index contributed by atoms with van der Waals surface area (Å²) in [5, 5.41) is 6.62. The molecule has 0 bridgehead atoms. The van der Waals surface area contributed by atoms with Gasteiger partial charge in [-0.2, -0.15) is 4.98 Å². The number of rotatable bonds is 6. The molecule has 7 heteroatoms. The predicted molar refractivity (Wildman–Crippen MR) is 63.5 cm³/mol. The molecule has 2 rings (SSSR count). The van der Waals surface area contributed by atoms with E-state index in [2.05, 4.69) is 15.1 Å². The Morgan fingerprint density at radius 2 is 2.35 bits per heavy atom. The average Bonchev–Trinajstić information content (AvgIpc) is 2.97. The summed E-state index contributed by atoms with van der Waals surface area (Å²) < 4.78 is 10.1. The number of hydrogen-bond donors (Lipinski definition) is 1. The van der Waals surface area contributed by atoms with Gasteiger partial charge in [0, 0.05) is 32.1 Å². The Hall–Kier alpha value is -1.31. The molecule has 0 aliphatic heterocycles. The first kappa shape index (κ1) is 12.2. The molecule has 2 aromatic rings. The molecular weight excluding hydrogens is 240 g/mol. The van der Waals surface area contributed by atoms with Crippen LogP contribution in [0.25, 0.3) is 11.6 Å². The lowest BCUT2D eigenvalue weighted by Gasteiger charge is -1.92.